The van der Waals surface area contributed by atoms with Gasteiger partial charge in [-0.25, -0.2) is 4.98 Å². The molecule has 2 aromatic rings. The van der Waals surface area contributed by atoms with Crippen molar-refractivity contribution in [2.75, 3.05) is 7.11 Å². The van der Waals surface area contributed by atoms with Crippen LogP contribution in [0, 0.1) is 0 Å². The van der Waals surface area contributed by atoms with Crippen LogP contribution in [0.5, 0.6) is 5.88 Å². The van der Waals surface area contributed by atoms with Gasteiger partial charge in [0.15, 0.2) is 6.29 Å². The molecule has 0 spiro atoms. The Balaban J connectivity index is 2.60. The number of pyridine rings is 1. The summed E-state index contributed by atoms with van der Waals surface area (Å²) in [4.78, 5) is 15.0. The molecule has 82 valence electrons. The van der Waals surface area contributed by atoms with Crippen LogP contribution in [0.1, 0.15) is 10.4 Å². The predicted octanol–water partition coefficient (Wildman–Crippen LogP) is 1.30. The lowest BCUT2D eigenvalue weighted by Crippen LogP contribution is -1.96. The number of ether oxygens (including phenoxy) is 1. The third kappa shape index (κ3) is 1.67. The predicted molar refractivity (Wildman–Crippen MR) is 58.4 cm³/mol. The van der Waals surface area contributed by atoms with E-state index in [9.17, 15) is 4.79 Å². The van der Waals surface area contributed by atoms with Crippen molar-refractivity contribution >= 4 is 6.29 Å². The molecule has 5 nitrogen and oxygen atoms in total. The summed E-state index contributed by atoms with van der Waals surface area (Å²) in [6.07, 6.45) is 5.88. The summed E-state index contributed by atoms with van der Waals surface area (Å²) in [7, 11) is 3.31. The van der Waals surface area contributed by atoms with Crippen molar-refractivity contribution < 1.29 is 9.53 Å². The monoisotopic (exact) mass is 217 g/mol. The lowest BCUT2D eigenvalue weighted by Gasteiger charge is -2.05. The van der Waals surface area contributed by atoms with Crippen LogP contribution >= 0.6 is 0 Å². The third-order valence-electron chi connectivity index (χ3n) is 2.28. The van der Waals surface area contributed by atoms with Crippen molar-refractivity contribution in [3.8, 4) is 17.0 Å². The number of nitrogens with zero attached hydrogens (tertiary/aromatic N) is 3. The zero-order valence-electron chi connectivity index (χ0n) is 9.04. The van der Waals surface area contributed by atoms with Crippen LogP contribution in [0.15, 0.2) is 24.7 Å². The van der Waals surface area contributed by atoms with E-state index < -0.39 is 0 Å². The molecule has 0 saturated carbocycles. The molecule has 0 atom stereocenters. The molecule has 0 aliphatic rings. The average molecular weight is 217 g/mol. The van der Waals surface area contributed by atoms with E-state index in [0.717, 1.165) is 17.4 Å². The summed E-state index contributed by atoms with van der Waals surface area (Å²) in [6.45, 7) is 0. The molecule has 0 aliphatic heterocycles. The molecule has 5 heteroatoms. The highest BCUT2D eigenvalue weighted by Crippen LogP contribution is 2.26. The molecule has 0 bridgehead atoms. The Kier molecular flexibility index (Phi) is 2.68. The zero-order valence-corrected chi connectivity index (χ0v) is 9.04. The fourth-order valence-corrected chi connectivity index (χ4v) is 1.54. The zero-order chi connectivity index (χ0) is 11.5. The van der Waals surface area contributed by atoms with Crippen molar-refractivity contribution in [2.45, 2.75) is 0 Å². The first-order chi connectivity index (χ1) is 7.76. The highest BCUT2D eigenvalue weighted by molar-refractivity contribution is 5.89. The maximum absolute atomic E-state index is 11.0. The second-order valence-electron chi connectivity index (χ2n) is 3.30. The van der Waals surface area contributed by atoms with Gasteiger partial charge in [-0.05, 0) is 6.07 Å². The van der Waals surface area contributed by atoms with E-state index in [0.29, 0.717) is 11.4 Å². The normalized spacial score (nSPS) is 10.1. The molecule has 0 saturated heterocycles. The van der Waals surface area contributed by atoms with E-state index in [4.69, 9.17) is 4.74 Å². The molecule has 0 unspecified atom stereocenters. The van der Waals surface area contributed by atoms with Gasteiger partial charge in [0, 0.05) is 30.6 Å². The van der Waals surface area contributed by atoms with Crippen LogP contribution < -0.4 is 4.74 Å². The van der Waals surface area contributed by atoms with E-state index in [2.05, 4.69) is 10.1 Å². The molecule has 0 aromatic carbocycles. The molecular formula is C11H11N3O2. The Labute approximate surface area is 92.7 Å². The summed E-state index contributed by atoms with van der Waals surface area (Å²) < 4.78 is 6.71. The molecule has 0 N–H and O–H groups in total. The molecule has 2 heterocycles. The molecule has 0 radical (unpaired) electrons. The van der Waals surface area contributed by atoms with Gasteiger partial charge in [0.1, 0.15) is 0 Å². The van der Waals surface area contributed by atoms with Crippen molar-refractivity contribution in [1.29, 1.82) is 0 Å². The van der Waals surface area contributed by atoms with E-state index in [1.807, 2.05) is 13.2 Å². The van der Waals surface area contributed by atoms with Crippen molar-refractivity contribution in [3.63, 3.8) is 0 Å². The minimum Gasteiger partial charge on any atom is -0.480 e. The SMILES string of the molecule is COc1nccc(-c2cnn(C)c2)c1C=O. The van der Waals surface area contributed by atoms with E-state index in [1.165, 1.54) is 7.11 Å². The topological polar surface area (TPSA) is 57.0 Å². The summed E-state index contributed by atoms with van der Waals surface area (Å²) in [5.41, 5.74) is 2.08. The molecule has 0 amide bonds. The van der Waals surface area contributed by atoms with Crippen molar-refractivity contribution in [1.82, 2.24) is 14.8 Å². The Morgan fingerprint density at radius 3 is 2.88 bits per heavy atom. The second kappa shape index (κ2) is 4.14. The first-order valence-corrected chi connectivity index (χ1v) is 4.73. The maximum atomic E-state index is 11.0. The van der Waals surface area contributed by atoms with Gasteiger partial charge in [-0.15, -0.1) is 0 Å². The number of carbonyl (C=O) groups is 1. The van der Waals surface area contributed by atoms with Gasteiger partial charge in [-0.1, -0.05) is 0 Å². The van der Waals surface area contributed by atoms with Gasteiger partial charge in [0.2, 0.25) is 5.88 Å². The number of rotatable bonds is 3. The van der Waals surface area contributed by atoms with Crippen LogP contribution in [-0.4, -0.2) is 28.2 Å². The van der Waals surface area contributed by atoms with E-state index in [1.54, 1.807) is 23.1 Å². The largest absolute Gasteiger partial charge is 0.480 e. The molecule has 0 fully saturated rings. The summed E-state index contributed by atoms with van der Waals surface area (Å²) in [5, 5.41) is 4.06. The highest BCUT2D eigenvalue weighted by Gasteiger charge is 2.12. The van der Waals surface area contributed by atoms with Crippen LogP contribution in [0.2, 0.25) is 0 Å². The number of hydrogen-bond donors (Lipinski definition) is 0. The van der Waals surface area contributed by atoms with Crippen molar-refractivity contribution in [3.05, 3.63) is 30.2 Å². The standard InChI is InChI=1S/C11H11N3O2/c1-14-6-8(5-13-14)9-3-4-12-11(16-2)10(9)7-15/h3-7H,1-2H3. The second-order valence-corrected chi connectivity index (χ2v) is 3.30. The number of methoxy groups -OCH3 is 1. The van der Waals surface area contributed by atoms with Crippen LogP contribution in [0.3, 0.4) is 0 Å². The Hall–Kier alpha value is -2.17. The summed E-state index contributed by atoms with van der Waals surface area (Å²) >= 11 is 0. The number of hydrogen-bond acceptors (Lipinski definition) is 4. The van der Waals surface area contributed by atoms with Crippen molar-refractivity contribution in [2.24, 2.45) is 7.05 Å². The van der Waals surface area contributed by atoms with Gasteiger partial charge in [-0.3, -0.25) is 9.48 Å². The molecule has 0 aliphatic carbocycles. The first-order valence-electron chi connectivity index (χ1n) is 4.73. The van der Waals surface area contributed by atoms with Crippen LogP contribution in [0.25, 0.3) is 11.1 Å². The summed E-state index contributed by atoms with van der Waals surface area (Å²) in [6, 6.07) is 1.77. The fraction of sp³-hybridized carbons (Fsp3) is 0.182. The van der Waals surface area contributed by atoms with E-state index >= 15 is 0 Å². The maximum Gasteiger partial charge on any atom is 0.224 e. The van der Waals surface area contributed by atoms with Crippen LogP contribution in [-0.2, 0) is 7.05 Å². The Morgan fingerprint density at radius 1 is 1.50 bits per heavy atom. The van der Waals surface area contributed by atoms with E-state index in [-0.39, 0.29) is 0 Å². The Bertz CT molecular complexity index is 520. The number of aromatic nitrogens is 3. The molecule has 2 rings (SSSR count). The third-order valence-corrected chi connectivity index (χ3v) is 2.28. The lowest BCUT2D eigenvalue weighted by molar-refractivity contribution is 0.112. The number of aryl methyl sites for hydroxylation is 1. The minimum atomic E-state index is 0.330. The van der Waals surface area contributed by atoms with Gasteiger partial charge >= 0.3 is 0 Å². The Morgan fingerprint density at radius 2 is 2.31 bits per heavy atom. The lowest BCUT2D eigenvalue weighted by atomic mass is 10.1. The minimum absolute atomic E-state index is 0.330. The smallest absolute Gasteiger partial charge is 0.224 e. The van der Waals surface area contributed by atoms with Gasteiger partial charge in [0.05, 0.1) is 18.9 Å². The number of carbonyl (C=O) groups excluding carboxylic acids is 1. The van der Waals surface area contributed by atoms with Crippen LogP contribution in [0.4, 0.5) is 0 Å². The molecule has 16 heavy (non-hydrogen) atoms. The molecule has 2 aromatic heterocycles. The van der Waals surface area contributed by atoms with Gasteiger partial charge in [-0.2, -0.15) is 5.10 Å². The fourth-order valence-electron chi connectivity index (χ4n) is 1.54. The first kappa shape index (κ1) is 10.4. The highest BCUT2D eigenvalue weighted by atomic mass is 16.5. The quantitative estimate of drug-likeness (QED) is 0.727. The van der Waals surface area contributed by atoms with Gasteiger partial charge < -0.3 is 4.74 Å². The summed E-state index contributed by atoms with van der Waals surface area (Å²) in [5.74, 6) is 0.330. The average Bonchev–Trinajstić information content (AvgIpc) is 2.74. The van der Waals surface area contributed by atoms with Gasteiger partial charge in [0.25, 0.3) is 0 Å². The number of aldehydes is 1. The molecular weight excluding hydrogens is 206 g/mol.